The molecule has 0 spiro atoms. The van der Waals surface area contributed by atoms with Crippen molar-refractivity contribution >= 4 is 17.3 Å². The van der Waals surface area contributed by atoms with Gasteiger partial charge in [-0.15, -0.1) is 11.3 Å². The third kappa shape index (κ3) is 1.90. The molecule has 1 unspecified atom stereocenters. The standard InChI is InChI=1S/C10H13NO3S/c11-7(9(12)13)4-10(5-14-6-10)8-2-1-3-15-8/h1-3,7H,4-6,11H2,(H,12,13). The SMILES string of the molecule is NC(CC1(c2cccs2)COC1)C(=O)O. The first kappa shape index (κ1) is 10.6. The van der Waals surface area contributed by atoms with Gasteiger partial charge < -0.3 is 15.6 Å². The van der Waals surface area contributed by atoms with Crippen molar-refractivity contribution in [2.45, 2.75) is 17.9 Å². The van der Waals surface area contributed by atoms with E-state index in [9.17, 15) is 4.79 Å². The predicted molar refractivity (Wildman–Crippen MR) is 57.0 cm³/mol. The maximum absolute atomic E-state index is 10.7. The first-order chi connectivity index (χ1) is 7.14. The molecule has 0 bridgehead atoms. The van der Waals surface area contributed by atoms with E-state index in [0.717, 1.165) is 0 Å². The third-order valence-corrected chi connectivity index (χ3v) is 3.84. The van der Waals surface area contributed by atoms with Gasteiger partial charge in [0.15, 0.2) is 0 Å². The summed E-state index contributed by atoms with van der Waals surface area (Å²) in [5.41, 5.74) is 5.41. The minimum absolute atomic E-state index is 0.161. The molecule has 82 valence electrons. The molecule has 0 radical (unpaired) electrons. The van der Waals surface area contributed by atoms with Gasteiger partial charge in [0.1, 0.15) is 6.04 Å². The van der Waals surface area contributed by atoms with Crippen LogP contribution in [0, 0.1) is 0 Å². The summed E-state index contributed by atoms with van der Waals surface area (Å²) < 4.78 is 5.20. The first-order valence-electron chi connectivity index (χ1n) is 4.74. The molecule has 1 aliphatic heterocycles. The molecule has 1 aliphatic rings. The van der Waals surface area contributed by atoms with Gasteiger partial charge in [-0.3, -0.25) is 4.79 Å². The van der Waals surface area contributed by atoms with Crippen LogP contribution in [-0.2, 0) is 14.9 Å². The fraction of sp³-hybridized carbons (Fsp3) is 0.500. The molecule has 1 aromatic rings. The number of aliphatic carboxylic acids is 1. The Morgan fingerprint density at radius 1 is 1.73 bits per heavy atom. The van der Waals surface area contributed by atoms with Gasteiger partial charge in [-0.2, -0.15) is 0 Å². The van der Waals surface area contributed by atoms with E-state index in [1.54, 1.807) is 11.3 Å². The molecule has 1 atom stereocenters. The Morgan fingerprint density at radius 3 is 2.87 bits per heavy atom. The molecule has 2 heterocycles. The molecule has 15 heavy (non-hydrogen) atoms. The Kier molecular flexibility index (Phi) is 2.77. The molecule has 1 saturated heterocycles. The van der Waals surface area contributed by atoms with Crippen LogP contribution in [0.5, 0.6) is 0 Å². The number of ether oxygens (including phenoxy) is 1. The lowest BCUT2D eigenvalue weighted by Gasteiger charge is -2.41. The summed E-state index contributed by atoms with van der Waals surface area (Å²) in [6, 6.07) is 3.17. The van der Waals surface area contributed by atoms with Crippen LogP contribution in [0.2, 0.25) is 0 Å². The highest BCUT2D eigenvalue weighted by Gasteiger charge is 2.43. The van der Waals surface area contributed by atoms with Crippen LogP contribution in [0.4, 0.5) is 0 Å². The molecule has 5 heteroatoms. The smallest absolute Gasteiger partial charge is 0.320 e. The van der Waals surface area contributed by atoms with Crippen LogP contribution >= 0.6 is 11.3 Å². The van der Waals surface area contributed by atoms with E-state index in [4.69, 9.17) is 15.6 Å². The van der Waals surface area contributed by atoms with Crippen molar-refractivity contribution < 1.29 is 14.6 Å². The largest absolute Gasteiger partial charge is 0.480 e. The Hall–Kier alpha value is -0.910. The minimum atomic E-state index is -0.946. The zero-order valence-corrected chi connectivity index (χ0v) is 9.00. The molecule has 0 aromatic carbocycles. The van der Waals surface area contributed by atoms with Crippen molar-refractivity contribution in [1.29, 1.82) is 0 Å². The number of hydrogen-bond acceptors (Lipinski definition) is 4. The van der Waals surface area contributed by atoms with Crippen LogP contribution in [-0.4, -0.2) is 30.3 Å². The van der Waals surface area contributed by atoms with Crippen LogP contribution in [0.1, 0.15) is 11.3 Å². The molecule has 0 saturated carbocycles. The normalized spacial score (nSPS) is 20.6. The fourth-order valence-electron chi connectivity index (χ4n) is 1.80. The molecule has 1 aromatic heterocycles. The van der Waals surface area contributed by atoms with Crippen LogP contribution in [0.15, 0.2) is 17.5 Å². The number of thiophene rings is 1. The summed E-state index contributed by atoms with van der Waals surface area (Å²) in [6.45, 7) is 1.16. The monoisotopic (exact) mass is 227 g/mol. The second kappa shape index (κ2) is 3.92. The second-order valence-electron chi connectivity index (χ2n) is 3.90. The number of carbonyl (C=O) groups is 1. The molecular weight excluding hydrogens is 214 g/mol. The van der Waals surface area contributed by atoms with Gasteiger partial charge in [0, 0.05) is 4.88 Å². The van der Waals surface area contributed by atoms with Crippen molar-refractivity contribution in [2.75, 3.05) is 13.2 Å². The Labute approximate surface area is 91.7 Å². The number of rotatable bonds is 4. The van der Waals surface area contributed by atoms with Gasteiger partial charge in [0.05, 0.1) is 18.6 Å². The maximum Gasteiger partial charge on any atom is 0.320 e. The van der Waals surface area contributed by atoms with E-state index in [-0.39, 0.29) is 5.41 Å². The minimum Gasteiger partial charge on any atom is -0.480 e. The molecular formula is C10H13NO3S. The lowest BCUT2D eigenvalue weighted by molar-refractivity contribution is -0.141. The topological polar surface area (TPSA) is 72.5 Å². The summed E-state index contributed by atoms with van der Waals surface area (Å²) in [6.07, 6.45) is 0.447. The zero-order chi connectivity index (χ0) is 10.9. The molecule has 3 N–H and O–H groups in total. The van der Waals surface area contributed by atoms with E-state index in [2.05, 4.69) is 0 Å². The lowest BCUT2D eigenvalue weighted by atomic mass is 9.78. The van der Waals surface area contributed by atoms with E-state index >= 15 is 0 Å². The highest BCUT2D eigenvalue weighted by atomic mass is 32.1. The summed E-state index contributed by atoms with van der Waals surface area (Å²) in [7, 11) is 0. The number of carboxylic acids is 1. The van der Waals surface area contributed by atoms with Crippen molar-refractivity contribution in [1.82, 2.24) is 0 Å². The molecule has 1 fully saturated rings. The van der Waals surface area contributed by atoms with E-state index < -0.39 is 12.0 Å². The van der Waals surface area contributed by atoms with Crippen molar-refractivity contribution in [3.8, 4) is 0 Å². The summed E-state index contributed by atoms with van der Waals surface area (Å²) in [4.78, 5) is 11.9. The summed E-state index contributed by atoms with van der Waals surface area (Å²) in [5, 5.41) is 10.8. The molecule has 0 amide bonds. The summed E-state index contributed by atoms with van der Waals surface area (Å²) in [5.74, 6) is -0.946. The van der Waals surface area contributed by atoms with Gasteiger partial charge in [-0.05, 0) is 17.9 Å². The fourth-order valence-corrected chi connectivity index (χ4v) is 2.71. The van der Waals surface area contributed by atoms with Gasteiger partial charge in [0.2, 0.25) is 0 Å². The van der Waals surface area contributed by atoms with Gasteiger partial charge in [-0.1, -0.05) is 6.07 Å². The number of carboxylic acid groups (broad SMARTS) is 1. The van der Waals surface area contributed by atoms with E-state index in [1.165, 1.54) is 4.88 Å². The van der Waals surface area contributed by atoms with Crippen LogP contribution in [0.25, 0.3) is 0 Å². The van der Waals surface area contributed by atoms with E-state index in [0.29, 0.717) is 19.6 Å². The van der Waals surface area contributed by atoms with Crippen LogP contribution < -0.4 is 5.73 Å². The summed E-state index contributed by atoms with van der Waals surface area (Å²) >= 11 is 1.63. The molecule has 0 aliphatic carbocycles. The van der Waals surface area contributed by atoms with Crippen LogP contribution in [0.3, 0.4) is 0 Å². The lowest BCUT2D eigenvalue weighted by Crippen LogP contribution is -2.51. The first-order valence-corrected chi connectivity index (χ1v) is 5.62. The highest BCUT2D eigenvalue weighted by Crippen LogP contribution is 2.38. The maximum atomic E-state index is 10.7. The molecule has 4 nitrogen and oxygen atoms in total. The van der Waals surface area contributed by atoms with Gasteiger partial charge in [-0.25, -0.2) is 0 Å². The van der Waals surface area contributed by atoms with Gasteiger partial charge >= 0.3 is 5.97 Å². The Bertz CT molecular complexity index is 346. The third-order valence-electron chi connectivity index (χ3n) is 2.73. The average Bonchev–Trinajstić information content (AvgIpc) is 2.63. The average molecular weight is 227 g/mol. The Balaban J connectivity index is 2.13. The number of nitrogens with two attached hydrogens (primary N) is 1. The zero-order valence-electron chi connectivity index (χ0n) is 8.18. The number of hydrogen-bond donors (Lipinski definition) is 2. The Morgan fingerprint density at radius 2 is 2.47 bits per heavy atom. The van der Waals surface area contributed by atoms with Crippen molar-refractivity contribution in [3.05, 3.63) is 22.4 Å². The second-order valence-corrected chi connectivity index (χ2v) is 4.85. The quantitative estimate of drug-likeness (QED) is 0.798. The molecule has 2 rings (SSSR count). The van der Waals surface area contributed by atoms with E-state index in [1.807, 2.05) is 17.5 Å². The van der Waals surface area contributed by atoms with Crippen molar-refractivity contribution in [3.63, 3.8) is 0 Å². The van der Waals surface area contributed by atoms with Crippen molar-refractivity contribution in [2.24, 2.45) is 5.73 Å². The predicted octanol–water partition coefficient (Wildman–Crippen LogP) is 0.818. The highest BCUT2D eigenvalue weighted by molar-refractivity contribution is 7.10. The van der Waals surface area contributed by atoms with Gasteiger partial charge in [0.25, 0.3) is 0 Å².